The molecular weight excluding hydrogens is 322 g/mol. The normalized spacial score (nSPS) is 17.5. The van der Waals surface area contributed by atoms with Crippen molar-refractivity contribution in [3.8, 4) is 0 Å². The highest BCUT2D eigenvalue weighted by Crippen LogP contribution is 2.23. The van der Waals surface area contributed by atoms with Crippen LogP contribution in [0.1, 0.15) is 59.2 Å². The van der Waals surface area contributed by atoms with Crippen LogP contribution in [0.4, 0.5) is 0 Å². The predicted molar refractivity (Wildman–Crippen MR) is 93.7 cm³/mol. The second-order valence-electron chi connectivity index (χ2n) is 6.06. The Hall–Kier alpha value is -2.41. The molecule has 0 unspecified atom stereocenters. The summed E-state index contributed by atoms with van der Waals surface area (Å²) in [5.74, 6) is -0.346. The molecule has 1 aliphatic carbocycles. The van der Waals surface area contributed by atoms with Crippen LogP contribution in [0, 0.1) is 0 Å². The molecule has 3 rings (SSSR count). The zero-order valence-corrected chi connectivity index (χ0v) is 14.3. The van der Waals surface area contributed by atoms with Crippen molar-refractivity contribution in [2.24, 2.45) is 10.9 Å². The van der Waals surface area contributed by atoms with Gasteiger partial charge in [0.05, 0.1) is 17.2 Å². The van der Waals surface area contributed by atoms with Crippen LogP contribution in [-0.4, -0.2) is 47.5 Å². The van der Waals surface area contributed by atoms with Crippen LogP contribution in [0.15, 0.2) is 29.4 Å². The molecule has 1 fully saturated rings. The molecule has 7 heteroatoms. The number of carbonyl (C=O) groups is 2. The van der Waals surface area contributed by atoms with E-state index >= 15 is 0 Å². The summed E-state index contributed by atoms with van der Waals surface area (Å²) >= 11 is 0. The highest BCUT2D eigenvalue weighted by Gasteiger charge is 2.34. The van der Waals surface area contributed by atoms with Gasteiger partial charge in [0.1, 0.15) is 6.34 Å². The van der Waals surface area contributed by atoms with Gasteiger partial charge in [0.25, 0.3) is 11.8 Å². The standard InChI is InChI=1S/C17H21NO3.CH4N2O/c19-16-14-9-4-5-10-15(14)17(20)18(16)11-6-12-21-13-7-2-1-3-8-13;2-1-3-4/h4-5,9-10,13H,1-3,6-8,11-12H2;1,4H,(H2,2,3). The van der Waals surface area contributed by atoms with Gasteiger partial charge in [-0.15, -0.1) is 0 Å². The van der Waals surface area contributed by atoms with E-state index in [0.29, 0.717) is 36.8 Å². The van der Waals surface area contributed by atoms with E-state index in [1.807, 2.05) is 0 Å². The minimum atomic E-state index is -0.173. The van der Waals surface area contributed by atoms with Crippen LogP contribution < -0.4 is 5.73 Å². The molecule has 0 aromatic heterocycles. The number of fused-ring (bicyclic) bond motifs is 1. The molecule has 1 saturated carbocycles. The summed E-state index contributed by atoms with van der Waals surface area (Å²) in [5.41, 5.74) is 5.53. The number of imide groups is 1. The van der Waals surface area contributed by atoms with Crippen molar-refractivity contribution in [1.82, 2.24) is 4.90 Å². The Balaban J connectivity index is 0.000000511. The minimum Gasteiger partial charge on any atom is -0.410 e. The quantitative estimate of drug-likeness (QED) is 0.212. The Morgan fingerprint density at radius 3 is 2.24 bits per heavy atom. The van der Waals surface area contributed by atoms with E-state index in [4.69, 9.17) is 9.94 Å². The van der Waals surface area contributed by atoms with Gasteiger partial charge in [-0.1, -0.05) is 36.6 Å². The maximum absolute atomic E-state index is 12.2. The summed E-state index contributed by atoms with van der Waals surface area (Å²) in [6, 6.07) is 7.02. The summed E-state index contributed by atoms with van der Waals surface area (Å²) < 4.78 is 5.84. The van der Waals surface area contributed by atoms with Crippen molar-refractivity contribution in [2.75, 3.05) is 13.2 Å². The molecule has 1 aromatic rings. The topological polar surface area (TPSA) is 105 Å². The molecule has 7 nitrogen and oxygen atoms in total. The highest BCUT2D eigenvalue weighted by atomic mass is 16.5. The summed E-state index contributed by atoms with van der Waals surface area (Å²) in [7, 11) is 0. The van der Waals surface area contributed by atoms with E-state index in [2.05, 4.69) is 10.9 Å². The molecule has 136 valence electrons. The lowest BCUT2D eigenvalue weighted by Crippen LogP contribution is -2.31. The Morgan fingerprint density at radius 1 is 1.16 bits per heavy atom. The molecule has 0 saturated heterocycles. The number of oxime groups is 1. The van der Waals surface area contributed by atoms with Gasteiger partial charge in [0.2, 0.25) is 0 Å². The zero-order valence-electron chi connectivity index (χ0n) is 14.3. The number of nitrogens with two attached hydrogens (primary N) is 1. The first-order valence-electron chi connectivity index (χ1n) is 8.63. The van der Waals surface area contributed by atoms with Gasteiger partial charge < -0.3 is 15.7 Å². The van der Waals surface area contributed by atoms with Crippen molar-refractivity contribution < 1.29 is 19.5 Å². The van der Waals surface area contributed by atoms with E-state index in [-0.39, 0.29) is 11.8 Å². The van der Waals surface area contributed by atoms with E-state index in [0.717, 1.165) is 19.2 Å². The van der Waals surface area contributed by atoms with Gasteiger partial charge in [0.15, 0.2) is 0 Å². The Bertz CT molecular complexity index is 573. The fourth-order valence-electron chi connectivity index (χ4n) is 3.15. The number of hydrogen-bond donors (Lipinski definition) is 2. The van der Waals surface area contributed by atoms with E-state index < -0.39 is 0 Å². The number of ether oxygens (including phenoxy) is 1. The van der Waals surface area contributed by atoms with Crippen LogP contribution in [0.5, 0.6) is 0 Å². The largest absolute Gasteiger partial charge is 0.410 e. The first kappa shape index (κ1) is 18.9. The lowest BCUT2D eigenvalue weighted by atomic mass is 9.98. The molecule has 2 amide bonds. The van der Waals surface area contributed by atoms with Crippen LogP contribution in [0.2, 0.25) is 0 Å². The monoisotopic (exact) mass is 347 g/mol. The number of benzene rings is 1. The molecule has 3 N–H and O–H groups in total. The second kappa shape index (κ2) is 9.78. The fraction of sp³-hybridized carbons (Fsp3) is 0.500. The van der Waals surface area contributed by atoms with Crippen molar-refractivity contribution in [3.05, 3.63) is 35.4 Å². The Labute approximate surface area is 147 Å². The second-order valence-corrected chi connectivity index (χ2v) is 6.06. The van der Waals surface area contributed by atoms with Crippen LogP contribution in [0.3, 0.4) is 0 Å². The van der Waals surface area contributed by atoms with Gasteiger partial charge in [0, 0.05) is 13.2 Å². The number of carbonyl (C=O) groups excluding carboxylic acids is 2. The third kappa shape index (κ3) is 5.03. The molecule has 2 aliphatic rings. The average Bonchev–Trinajstić information content (AvgIpc) is 2.91. The lowest BCUT2D eigenvalue weighted by molar-refractivity contribution is 0.0236. The van der Waals surface area contributed by atoms with E-state index in [1.54, 1.807) is 24.3 Å². The molecule has 0 radical (unpaired) electrons. The summed E-state index contributed by atoms with van der Waals surface area (Å²) in [6.07, 6.45) is 8.00. The molecule has 1 heterocycles. The van der Waals surface area contributed by atoms with E-state index in [1.165, 1.54) is 24.2 Å². The van der Waals surface area contributed by atoms with Crippen molar-refractivity contribution in [2.45, 2.75) is 44.6 Å². The van der Waals surface area contributed by atoms with Gasteiger partial charge in [-0.3, -0.25) is 14.5 Å². The third-order valence-electron chi connectivity index (χ3n) is 4.38. The van der Waals surface area contributed by atoms with Crippen molar-refractivity contribution >= 4 is 18.2 Å². The molecule has 0 bridgehead atoms. The first-order valence-corrected chi connectivity index (χ1v) is 8.63. The number of nitrogens with zero attached hydrogens (tertiary/aromatic N) is 2. The molecule has 0 atom stereocenters. The number of hydrogen-bond acceptors (Lipinski definition) is 5. The zero-order chi connectivity index (χ0) is 18.1. The molecule has 1 aliphatic heterocycles. The summed E-state index contributed by atoms with van der Waals surface area (Å²) in [6.45, 7) is 1.07. The smallest absolute Gasteiger partial charge is 0.261 e. The maximum atomic E-state index is 12.2. The predicted octanol–water partition coefficient (Wildman–Crippen LogP) is 2.38. The average molecular weight is 347 g/mol. The van der Waals surface area contributed by atoms with E-state index in [9.17, 15) is 9.59 Å². The first-order chi connectivity index (χ1) is 12.2. The van der Waals surface area contributed by atoms with Crippen LogP contribution in [-0.2, 0) is 4.74 Å². The highest BCUT2D eigenvalue weighted by molar-refractivity contribution is 6.21. The molecule has 1 aromatic carbocycles. The van der Waals surface area contributed by atoms with Gasteiger partial charge in [-0.2, -0.15) is 0 Å². The van der Waals surface area contributed by atoms with Crippen LogP contribution in [0.25, 0.3) is 0 Å². The van der Waals surface area contributed by atoms with Crippen LogP contribution >= 0.6 is 0 Å². The number of amides is 2. The summed E-state index contributed by atoms with van der Waals surface area (Å²) in [4.78, 5) is 25.7. The van der Waals surface area contributed by atoms with Crippen molar-refractivity contribution in [3.63, 3.8) is 0 Å². The van der Waals surface area contributed by atoms with Gasteiger partial charge in [-0.05, 0) is 31.4 Å². The minimum absolute atomic E-state index is 0.173. The molecular formula is C18H25N3O4. The van der Waals surface area contributed by atoms with Crippen molar-refractivity contribution in [1.29, 1.82) is 0 Å². The maximum Gasteiger partial charge on any atom is 0.261 e. The Kier molecular flexibility index (Phi) is 7.40. The van der Waals surface area contributed by atoms with Gasteiger partial charge in [-0.25, -0.2) is 0 Å². The third-order valence-corrected chi connectivity index (χ3v) is 4.38. The summed E-state index contributed by atoms with van der Waals surface area (Å²) in [5, 5.41) is 9.71. The van der Waals surface area contributed by atoms with Gasteiger partial charge >= 0.3 is 0 Å². The lowest BCUT2D eigenvalue weighted by Gasteiger charge is -2.22. The molecule has 0 spiro atoms. The Morgan fingerprint density at radius 2 is 1.72 bits per heavy atom. The fourth-order valence-corrected chi connectivity index (χ4v) is 3.15. The SMILES string of the molecule is N/C=N/O.O=C1c2ccccc2C(=O)N1CCCOC1CCCCC1. The number of rotatable bonds is 5. The molecule has 25 heavy (non-hydrogen) atoms.